The summed E-state index contributed by atoms with van der Waals surface area (Å²) in [6, 6.07) is 13.2. The number of carbonyl (C=O) groups is 1. The van der Waals surface area contributed by atoms with E-state index in [-0.39, 0.29) is 11.7 Å². The summed E-state index contributed by atoms with van der Waals surface area (Å²) < 4.78 is 13.2. The molecule has 25 heavy (non-hydrogen) atoms. The lowest BCUT2D eigenvalue weighted by Gasteiger charge is -2.05. The van der Waals surface area contributed by atoms with Gasteiger partial charge in [0.05, 0.1) is 11.9 Å². The summed E-state index contributed by atoms with van der Waals surface area (Å²) in [4.78, 5) is 22.2. The lowest BCUT2D eigenvalue weighted by molar-refractivity contribution is 0.102. The van der Waals surface area contributed by atoms with Gasteiger partial charge in [0, 0.05) is 16.6 Å². The van der Waals surface area contributed by atoms with Gasteiger partial charge in [0.1, 0.15) is 11.5 Å². The molecule has 6 nitrogen and oxygen atoms in total. The fourth-order valence-electron chi connectivity index (χ4n) is 2.64. The van der Waals surface area contributed by atoms with Gasteiger partial charge < -0.3 is 21.0 Å². The van der Waals surface area contributed by atoms with Gasteiger partial charge in [-0.15, -0.1) is 0 Å². The number of H-pyrrole nitrogens is 2. The Hall–Kier alpha value is -3.61. The second-order valence-corrected chi connectivity index (χ2v) is 5.63. The van der Waals surface area contributed by atoms with Gasteiger partial charge in [-0.25, -0.2) is 9.37 Å². The number of halogens is 1. The van der Waals surface area contributed by atoms with Crippen molar-refractivity contribution in [1.29, 1.82) is 0 Å². The fourth-order valence-corrected chi connectivity index (χ4v) is 2.64. The molecule has 0 aliphatic heterocycles. The smallest absolute Gasteiger partial charge is 0.272 e. The van der Waals surface area contributed by atoms with Crippen LogP contribution in [0, 0.1) is 5.82 Å². The number of hydrogen-bond donors (Lipinski definition) is 4. The molecule has 7 heteroatoms. The van der Waals surface area contributed by atoms with Crippen LogP contribution in [0.1, 0.15) is 10.5 Å². The van der Waals surface area contributed by atoms with Gasteiger partial charge in [-0.2, -0.15) is 0 Å². The number of aromatic nitrogens is 3. The maximum atomic E-state index is 13.2. The molecule has 0 atom stereocenters. The third kappa shape index (κ3) is 2.94. The fraction of sp³-hybridized carbons (Fsp3) is 0. The summed E-state index contributed by atoms with van der Waals surface area (Å²) in [6.45, 7) is 0. The Morgan fingerprint density at radius 3 is 2.60 bits per heavy atom. The first kappa shape index (κ1) is 14.9. The lowest BCUT2D eigenvalue weighted by atomic mass is 10.1. The van der Waals surface area contributed by atoms with E-state index in [1.54, 1.807) is 30.5 Å². The molecular weight excluding hydrogens is 321 g/mol. The largest absolute Gasteiger partial charge is 0.369 e. The average molecular weight is 335 g/mol. The maximum Gasteiger partial charge on any atom is 0.272 e. The van der Waals surface area contributed by atoms with E-state index in [1.165, 1.54) is 12.1 Å². The number of carbonyl (C=O) groups excluding carboxylic acids is 1. The lowest BCUT2D eigenvalue weighted by Crippen LogP contribution is -2.12. The van der Waals surface area contributed by atoms with Crippen LogP contribution in [0.4, 0.5) is 16.0 Å². The summed E-state index contributed by atoms with van der Waals surface area (Å²) >= 11 is 0. The molecule has 4 aromatic rings. The van der Waals surface area contributed by atoms with Crippen LogP contribution in [0.5, 0.6) is 0 Å². The van der Waals surface area contributed by atoms with E-state index in [0.29, 0.717) is 28.2 Å². The third-order valence-electron chi connectivity index (χ3n) is 3.88. The quantitative estimate of drug-likeness (QED) is 0.461. The monoisotopic (exact) mass is 335 g/mol. The first-order valence-electron chi connectivity index (χ1n) is 7.59. The molecular formula is C18H14FN5O. The number of nitrogens with two attached hydrogens (primary N) is 1. The predicted octanol–water partition coefficient (Wildman–Crippen LogP) is 3.53. The van der Waals surface area contributed by atoms with Crippen molar-refractivity contribution in [2.45, 2.75) is 0 Å². The van der Waals surface area contributed by atoms with Crippen LogP contribution in [0.25, 0.3) is 22.2 Å². The van der Waals surface area contributed by atoms with Crippen molar-refractivity contribution in [3.8, 4) is 11.3 Å². The number of nitrogens with one attached hydrogen (secondary N) is 3. The zero-order valence-corrected chi connectivity index (χ0v) is 13.0. The molecule has 2 aromatic heterocycles. The molecule has 0 bridgehead atoms. The van der Waals surface area contributed by atoms with Crippen LogP contribution < -0.4 is 11.1 Å². The third-order valence-corrected chi connectivity index (χ3v) is 3.88. The van der Waals surface area contributed by atoms with Gasteiger partial charge in [-0.1, -0.05) is 12.1 Å². The first-order valence-corrected chi connectivity index (χ1v) is 7.59. The highest BCUT2D eigenvalue weighted by atomic mass is 19.1. The van der Waals surface area contributed by atoms with Crippen molar-refractivity contribution in [3.05, 3.63) is 66.2 Å². The number of amides is 1. The molecule has 0 spiro atoms. The van der Waals surface area contributed by atoms with Gasteiger partial charge in [-0.3, -0.25) is 4.79 Å². The summed E-state index contributed by atoms with van der Waals surface area (Å²) in [6.07, 6.45) is 1.65. The molecule has 2 aromatic carbocycles. The van der Waals surface area contributed by atoms with E-state index in [0.717, 1.165) is 11.3 Å². The Morgan fingerprint density at radius 2 is 1.88 bits per heavy atom. The molecule has 0 saturated carbocycles. The summed E-state index contributed by atoms with van der Waals surface area (Å²) in [7, 11) is 0. The zero-order valence-electron chi connectivity index (χ0n) is 13.0. The van der Waals surface area contributed by atoms with Crippen molar-refractivity contribution >= 4 is 28.4 Å². The Balaban J connectivity index is 1.53. The topological polar surface area (TPSA) is 99.6 Å². The Morgan fingerprint density at radius 1 is 1.08 bits per heavy atom. The number of anilines is 2. The zero-order chi connectivity index (χ0) is 17.4. The van der Waals surface area contributed by atoms with E-state index in [4.69, 9.17) is 5.73 Å². The Kier molecular flexibility index (Phi) is 3.46. The number of hydrogen-bond acceptors (Lipinski definition) is 3. The maximum absolute atomic E-state index is 13.2. The molecule has 124 valence electrons. The van der Waals surface area contributed by atoms with Crippen LogP contribution in [-0.4, -0.2) is 20.9 Å². The SMILES string of the molecule is Nc1ncc(-c2ccc(NC(=O)c3cc4cc(F)ccc4[nH]3)cc2)[nH]1. The van der Waals surface area contributed by atoms with Crippen LogP contribution in [0.15, 0.2) is 54.7 Å². The number of aromatic amines is 2. The molecule has 0 aliphatic carbocycles. The van der Waals surface area contributed by atoms with Gasteiger partial charge >= 0.3 is 0 Å². The minimum atomic E-state index is -0.339. The summed E-state index contributed by atoms with van der Waals surface area (Å²) in [5, 5.41) is 3.45. The molecule has 0 radical (unpaired) electrons. The van der Waals surface area contributed by atoms with E-state index < -0.39 is 0 Å². The summed E-state index contributed by atoms with van der Waals surface area (Å²) in [5.41, 5.74) is 8.99. The van der Waals surface area contributed by atoms with Crippen molar-refractivity contribution in [2.24, 2.45) is 0 Å². The summed E-state index contributed by atoms with van der Waals surface area (Å²) in [5.74, 6) is -0.286. The van der Waals surface area contributed by atoms with Gasteiger partial charge in [0.2, 0.25) is 0 Å². The number of fused-ring (bicyclic) bond motifs is 1. The van der Waals surface area contributed by atoms with Gasteiger partial charge in [0.25, 0.3) is 5.91 Å². The van der Waals surface area contributed by atoms with Crippen LogP contribution in [0.2, 0.25) is 0 Å². The molecule has 1 amide bonds. The molecule has 5 N–H and O–H groups in total. The molecule has 4 rings (SSSR count). The van der Waals surface area contributed by atoms with E-state index in [2.05, 4.69) is 20.3 Å². The van der Waals surface area contributed by atoms with Crippen molar-refractivity contribution in [2.75, 3.05) is 11.1 Å². The normalized spacial score (nSPS) is 10.9. The minimum Gasteiger partial charge on any atom is -0.369 e. The van der Waals surface area contributed by atoms with E-state index in [9.17, 15) is 9.18 Å². The number of benzene rings is 2. The number of rotatable bonds is 3. The Bertz CT molecular complexity index is 1060. The highest BCUT2D eigenvalue weighted by Gasteiger charge is 2.10. The number of nitrogens with zero attached hydrogens (tertiary/aromatic N) is 1. The highest BCUT2D eigenvalue weighted by Crippen LogP contribution is 2.21. The van der Waals surface area contributed by atoms with E-state index >= 15 is 0 Å². The van der Waals surface area contributed by atoms with Gasteiger partial charge in [-0.05, 0) is 42.0 Å². The average Bonchev–Trinajstić information content (AvgIpc) is 3.21. The minimum absolute atomic E-state index is 0.296. The van der Waals surface area contributed by atoms with Gasteiger partial charge in [0.15, 0.2) is 5.95 Å². The van der Waals surface area contributed by atoms with Crippen LogP contribution >= 0.6 is 0 Å². The molecule has 0 unspecified atom stereocenters. The van der Waals surface area contributed by atoms with Crippen LogP contribution in [0.3, 0.4) is 0 Å². The van der Waals surface area contributed by atoms with Crippen molar-refractivity contribution in [3.63, 3.8) is 0 Å². The standard InChI is InChI=1S/C18H14FN5O/c19-12-3-6-14-11(7-12)8-15(23-14)17(25)22-13-4-1-10(2-5-13)16-9-21-18(20)24-16/h1-9,23H,(H,22,25)(H3,20,21,24). The van der Waals surface area contributed by atoms with E-state index in [1.807, 2.05) is 12.1 Å². The predicted molar refractivity (Wildman–Crippen MR) is 94.6 cm³/mol. The molecule has 2 heterocycles. The number of imidazole rings is 1. The Labute approximate surface area is 141 Å². The molecule has 0 saturated heterocycles. The highest BCUT2D eigenvalue weighted by molar-refractivity contribution is 6.06. The van der Waals surface area contributed by atoms with Crippen LogP contribution in [-0.2, 0) is 0 Å². The first-order chi connectivity index (χ1) is 12.1. The second-order valence-electron chi connectivity index (χ2n) is 5.63. The second kappa shape index (κ2) is 5.79. The molecule has 0 fully saturated rings. The molecule has 0 aliphatic rings. The van der Waals surface area contributed by atoms with Crippen molar-refractivity contribution < 1.29 is 9.18 Å². The number of nitrogen functional groups attached to an aromatic ring is 1. The van der Waals surface area contributed by atoms with Crippen molar-refractivity contribution in [1.82, 2.24) is 15.0 Å².